The SMILES string of the molecule is Cc1cc(C)cc(NC[C@@H](CCN2CCN(c3ccccc3C)CC2)c2ccc(Cl)c(Cl)c2)c1. The van der Waals surface area contributed by atoms with Crippen molar-refractivity contribution in [3.63, 3.8) is 0 Å². The lowest BCUT2D eigenvalue weighted by atomic mass is 9.95. The van der Waals surface area contributed by atoms with E-state index in [0.717, 1.165) is 45.7 Å². The van der Waals surface area contributed by atoms with E-state index < -0.39 is 0 Å². The van der Waals surface area contributed by atoms with Crippen molar-refractivity contribution in [3.8, 4) is 0 Å². The predicted molar refractivity (Wildman–Crippen MR) is 148 cm³/mol. The summed E-state index contributed by atoms with van der Waals surface area (Å²) in [5.74, 6) is 0.352. The predicted octanol–water partition coefficient (Wildman–Crippen LogP) is 7.33. The molecular formula is C29H35Cl2N3. The van der Waals surface area contributed by atoms with Gasteiger partial charge in [-0.15, -0.1) is 0 Å². The van der Waals surface area contributed by atoms with Gasteiger partial charge in [-0.05, 0) is 86.3 Å². The van der Waals surface area contributed by atoms with E-state index in [2.05, 4.69) is 84.4 Å². The van der Waals surface area contributed by atoms with Crippen LogP contribution in [-0.4, -0.2) is 44.2 Å². The zero-order valence-electron chi connectivity index (χ0n) is 20.5. The van der Waals surface area contributed by atoms with Gasteiger partial charge in [0.05, 0.1) is 10.0 Å². The molecule has 1 heterocycles. The smallest absolute Gasteiger partial charge is 0.0595 e. The Bertz CT molecular complexity index is 1090. The van der Waals surface area contributed by atoms with Crippen molar-refractivity contribution in [3.05, 3.63) is 93.0 Å². The molecule has 1 saturated heterocycles. The fourth-order valence-corrected chi connectivity index (χ4v) is 5.25. The van der Waals surface area contributed by atoms with Gasteiger partial charge in [0.1, 0.15) is 0 Å². The number of piperazine rings is 1. The minimum atomic E-state index is 0.352. The van der Waals surface area contributed by atoms with Crippen LogP contribution in [0.2, 0.25) is 10.0 Å². The van der Waals surface area contributed by atoms with Gasteiger partial charge in [-0.2, -0.15) is 0 Å². The van der Waals surface area contributed by atoms with Crippen molar-refractivity contribution < 1.29 is 0 Å². The molecule has 180 valence electrons. The molecule has 1 aliphatic rings. The second kappa shape index (κ2) is 11.5. The number of nitrogens with one attached hydrogen (secondary N) is 1. The molecular weight excluding hydrogens is 461 g/mol. The van der Waals surface area contributed by atoms with E-state index >= 15 is 0 Å². The maximum Gasteiger partial charge on any atom is 0.0595 e. The van der Waals surface area contributed by atoms with E-state index in [1.165, 1.54) is 33.6 Å². The van der Waals surface area contributed by atoms with Crippen LogP contribution in [0, 0.1) is 20.8 Å². The molecule has 1 fully saturated rings. The highest BCUT2D eigenvalue weighted by molar-refractivity contribution is 6.42. The van der Waals surface area contributed by atoms with Gasteiger partial charge < -0.3 is 10.2 Å². The van der Waals surface area contributed by atoms with Crippen LogP contribution in [0.25, 0.3) is 0 Å². The van der Waals surface area contributed by atoms with Gasteiger partial charge >= 0.3 is 0 Å². The average molecular weight is 497 g/mol. The number of halogens is 2. The number of hydrogen-bond acceptors (Lipinski definition) is 3. The van der Waals surface area contributed by atoms with Gasteiger partial charge in [-0.25, -0.2) is 0 Å². The normalized spacial score (nSPS) is 15.4. The Morgan fingerprint density at radius 3 is 2.21 bits per heavy atom. The van der Waals surface area contributed by atoms with Crippen LogP contribution in [0.5, 0.6) is 0 Å². The highest BCUT2D eigenvalue weighted by atomic mass is 35.5. The Balaban J connectivity index is 1.39. The van der Waals surface area contributed by atoms with Gasteiger partial charge in [0.25, 0.3) is 0 Å². The van der Waals surface area contributed by atoms with Crippen LogP contribution in [0.15, 0.2) is 60.7 Å². The Labute approximate surface area is 214 Å². The fraction of sp³-hybridized carbons (Fsp3) is 0.379. The van der Waals surface area contributed by atoms with E-state index in [-0.39, 0.29) is 0 Å². The molecule has 0 aromatic heterocycles. The van der Waals surface area contributed by atoms with E-state index in [1.807, 2.05) is 12.1 Å². The van der Waals surface area contributed by atoms with Crippen LogP contribution in [0.1, 0.15) is 34.6 Å². The van der Waals surface area contributed by atoms with Gasteiger partial charge in [0.15, 0.2) is 0 Å². The summed E-state index contributed by atoms with van der Waals surface area (Å²) in [5.41, 5.74) is 7.70. The molecule has 3 aromatic rings. The fourth-order valence-electron chi connectivity index (χ4n) is 4.94. The number of benzene rings is 3. The molecule has 0 spiro atoms. The maximum atomic E-state index is 6.38. The van der Waals surface area contributed by atoms with Crippen LogP contribution >= 0.6 is 23.2 Å². The quantitative estimate of drug-likeness (QED) is 0.352. The lowest BCUT2D eigenvalue weighted by Gasteiger charge is -2.37. The van der Waals surface area contributed by atoms with Crippen molar-refractivity contribution in [2.24, 2.45) is 0 Å². The second-order valence-electron chi connectivity index (χ2n) is 9.53. The average Bonchev–Trinajstić information content (AvgIpc) is 2.81. The first-order valence-electron chi connectivity index (χ1n) is 12.2. The van der Waals surface area contributed by atoms with Gasteiger partial charge in [-0.1, -0.05) is 53.5 Å². The van der Waals surface area contributed by atoms with Crippen molar-refractivity contribution in [2.75, 3.05) is 49.5 Å². The number of para-hydroxylation sites is 1. The number of aryl methyl sites for hydroxylation is 3. The van der Waals surface area contributed by atoms with Crippen LogP contribution < -0.4 is 10.2 Å². The van der Waals surface area contributed by atoms with E-state index in [9.17, 15) is 0 Å². The highest BCUT2D eigenvalue weighted by Crippen LogP contribution is 2.29. The largest absolute Gasteiger partial charge is 0.384 e. The molecule has 1 atom stereocenters. The van der Waals surface area contributed by atoms with Crippen LogP contribution in [0.4, 0.5) is 11.4 Å². The summed E-state index contributed by atoms with van der Waals surface area (Å²) in [4.78, 5) is 5.11. The lowest BCUT2D eigenvalue weighted by Crippen LogP contribution is -2.47. The molecule has 5 heteroatoms. The number of anilines is 2. The molecule has 4 rings (SSSR count). The third-order valence-electron chi connectivity index (χ3n) is 6.81. The monoisotopic (exact) mass is 495 g/mol. The number of nitrogens with zero attached hydrogens (tertiary/aromatic N) is 2. The van der Waals surface area contributed by atoms with Gasteiger partial charge in [-0.3, -0.25) is 4.90 Å². The van der Waals surface area contributed by atoms with Crippen LogP contribution in [0.3, 0.4) is 0 Å². The minimum Gasteiger partial charge on any atom is -0.384 e. The third kappa shape index (κ3) is 6.47. The standard InChI is InChI=1S/C29H35Cl2N3/c1-21-16-22(2)18-26(17-21)32-20-25(24-8-9-27(30)28(31)19-24)10-11-33-12-14-34(15-13-33)29-7-5-4-6-23(29)3/h4-9,16-19,25,32H,10-15,20H2,1-3H3/t25-/m1/s1. The molecule has 0 unspecified atom stereocenters. The topological polar surface area (TPSA) is 18.5 Å². The van der Waals surface area contributed by atoms with Crippen molar-refractivity contribution in [2.45, 2.75) is 33.1 Å². The molecule has 0 amide bonds. The summed E-state index contributed by atoms with van der Waals surface area (Å²) in [6, 6.07) is 21.4. The Hall–Kier alpha value is -2.20. The van der Waals surface area contributed by atoms with Crippen molar-refractivity contribution >= 4 is 34.6 Å². The molecule has 1 aliphatic heterocycles. The summed E-state index contributed by atoms with van der Waals surface area (Å²) >= 11 is 12.6. The van der Waals surface area contributed by atoms with Crippen LogP contribution in [-0.2, 0) is 0 Å². The molecule has 0 bridgehead atoms. The lowest BCUT2D eigenvalue weighted by molar-refractivity contribution is 0.249. The first-order chi connectivity index (χ1) is 16.4. The second-order valence-corrected chi connectivity index (χ2v) is 10.3. The molecule has 34 heavy (non-hydrogen) atoms. The molecule has 3 aromatic carbocycles. The summed E-state index contributed by atoms with van der Waals surface area (Å²) in [7, 11) is 0. The van der Waals surface area contributed by atoms with Crippen molar-refractivity contribution in [1.29, 1.82) is 0 Å². The molecule has 0 saturated carbocycles. The summed E-state index contributed by atoms with van der Waals surface area (Å²) in [6.45, 7) is 12.7. The zero-order valence-corrected chi connectivity index (χ0v) is 22.0. The first-order valence-corrected chi connectivity index (χ1v) is 12.9. The Kier molecular flexibility index (Phi) is 8.41. The summed E-state index contributed by atoms with van der Waals surface area (Å²) in [6.07, 6.45) is 1.07. The van der Waals surface area contributed by atoms with Crippen molar-refractivity contribution in [1.82, 2.24) is 4.90 Å². The summed E-state index contributed by atoms with van der Waals surface area (Å²) < 4.78 is 0. The summed E-state index contributed by atoms with van der Waals surface area (Å²) in [5, 5.41) is 4.92. The third-order valence-corrected chi connectivity index (χ3v) is 7.55. The Morgan fingerprint density at radius 1 is 0.824 bits per heavy atom. The van der Waals surface area contributed by atoms with E-state index in [1.54, 1.807) is 0 Å². The zero-order chi connectivity index (χ0) is 24.1. The Morgan fingerprint density at radius 2 is 1.53 bits per heavy atom. The van der Waals surface area contributed by atoms with Gasteiger partial charge in [0.2, 0.25) is 0 Å². The molecule has 1 N–H and O–H groups in total. The number of hydrogen-bond donors (Lipinski definition) is 1. The maximum absolute atomic E-state index is 6.38. The first kappa shape index (κ1) is 24.9. The molecule has 0 aliphatic carbocycles. The highest BCUT2D eigenvalue weighted by Gasteiger charge is 2.20. The van der Waals surface area contributed by atoms with Gasteiger partial charge in [0, 0.05) is 50.0 Å². The van der Waals surface area contributed by atoms with E-state index in [4.69, 9.17) is 23.2 Å². The van der Waals surface area contributed by atoms with E-state index in [0.29, 0.717) is 16.0 Å². The minimum absolute atomic E-state index is 0.352. The number of rotatable bonds is 8. The molecule has 0 radical (unpaired) electrons. The molecule has 3 nitrogen and oxygen atoms in total.